The zero-order valence-electron chi connectivity index (χ0n) is 12.5. The van der Waals surface area contributed by atoms with Crippen molar-refractivity contribution in [3.05, 3.63) is 41.6 Å². The molecule has 0 aliphatic rings. The van der Waals surface area contributed by atoms with Gasteiger partial charge in [0.05, 0.1) is 7.11 Å². The van der Waals surface area contributed by atoms with Crippen LogP contribution in [0.5, 0.6) is 5.75 Å². The quantitative estimate of drug-likeness (QED) is 0.436. The first-order valence-corrected chi connectivity index (χ1v) is 6.96. The van der Waals surface area contributed by atoms with Crippen LogP contribution in [0.3, 0.4) is 0 Å². The predicted octanol–water partition coefficient (Wildman–Crippen LogP) is 2.11. The molecule has 0 saturated carbocycles. The van der Waals surface area contributed by atoms with E-state index < -0.39 is 0 Å². The molecule has 0 spiro atoms. The highest BCUT2D eigenvalue weighted by Gasteiger charge is 2.07. The Kier molecular flexibility index (Phi) is 7.44. The fraction of sp³-hybridized carbons (Fsp3) is 0.375. The first-order chi connectivity index (χ1) is 10.2. The zero-order valence-corrected chi connectivity index (χ0v) is 12.5. The van der Waals surface area contributed by atoms with Crippen molar-refractivity contribution in [2.24, 2.45) is 0 Å². The lowest BCUT2D eigenvalue weighted by atomic mass is 10.2. The van der Waals surface area contributed by atoms with Crippen molar-refractivity contribution in [2.75, 3.05) is 13.7 Å². The maximum atomic E-state index is 11.7. The van der Waals surface area contributed by atoms with Gasteiger partial charge in [-0.1, -0.05) is 31.5 Å². The smallest absolute Gasteiger partial charge is 0.263 e. The van der Waals surface area contributed by atoms with Gasteiger partial charge < -0.3 is 15.4 Å². The molecular weight excluding hydrogens is 266 g/mol. The highest BCUT2D eigenvalue weighted by Crippen LogP contribution is 2.16. The van der Waals surface area contributed by atoms with Crippen LogP contribution in [0.2, 0.25) is 0 Å². The minimum atomic E-state index is -0.349. The molecular formula is C16H21N3O2. The number of nitrogens with one attached hydrogen (secondary N) is 2. The molecule has 1 aromatic carbocycles. The SMILES string of the molecule is CCCCNC(=O)/C(C#N)=C\NCc1ccccc1OC. The predicted molar refractivity (Wildman–Crippen MR) is 81.4 cm³/mol. The largest absolute Gasteiger partial charge is 0.496 e. The number of rotatable bonds is 8. The van der Waals surface area contributed by atoms with E-state index in [2.05, 4.69) is 10.6 Å². The molecule has 112 valence electrons. The number of amides is 1. The van der Waals surface area contributed by atoms with Gasteiger partial charge in [-0.2, -0.15) is 5.26 Å². The molecule has 0 fully saturated rings. The summed E-state index contributed by atoms with van der Waals surface area (Å²) in [5.74, 6) is 0.419. The summed E-state index contributed by atoms with van der Waals surface area (Å²) < 4.78 is 5.24. The van der Waals surface area contributed by atoms with Crippen molar-refractivity contribution in [1.29, 1.82) is 5.26 Å². The van der Waals surface area contributed by atoms with Gasteiger partial charge >= 0.3 is 0 Å². The number of methoxy groups -OCH3 is 1. The number of benzene rings is 1. The summed E-state index contributed by atoms with van der Waals surface area (Å²) in [6.07, 6.45) is 3.34. The molecule has 0 aromatic heterocycles. The van der Waals surface area contributed by atoms with Gasteiger partial charge in [0.15, 0.2) is 0 Å². The molecule has 0 bridgehead atoms. The molecule has 5 heteroatoms. The number of carbonyl (C=O) groups excluding carboxylic acids is 1. The summed E-state index contributed by atoms with van der Waals surface area (Å²) in [6.45, 7) is 3.11. The van der Waals surface area contributed by atoms with Crippen molar-refractivity contribution in [2.45, 2.75) is 26.3 Å². The summed E-state index contributed by atoms with van der Waals surface area (Å²) in [6, 6.07) is 9.48. The van der Waals surface area contributed by atoms with Crippen LogP contribution in [0, 0.1) is 11.3 Å². The fourth-order valence-corrected chi connectivity index (χ4v) is 1.73. The molecule has 0 aliphatic heterocycles. The van der Waals surface area contributed by atoms with Crippen molar-refractivity contribution in [3.8, 4) is 11.8 Å². The Hall–Kier alpha value is -2.48. The lowest BCUT2D eigenvalue weighted by Crippen LogP contribution is -2.26. The molecule has 0 saturated heterocycles. The third kappa shape index (κ3) is 5.57. The normalized spacial score (nSPS) is 10.6. The second kappa shape index (κ2) is 9.43. The van der Waals surface area contributed by atoms with Crippen molar-refractivity contribution < 1.29 is 9.53 Å². The Bertz CT molecular complexity index is 533. The third-order valence-corrected chi connectivity index (χ3v) is 2.91. The Balaban J connectivity index is 2.57. The van der Waals surface area contributed by atoms with Gasteiger partial charge in [0, 0.05) is 24.9 Å². The second-order valence-corrected chi connectivity index (χ2v) is 4.47. The van der Waals surface area contributed by atoms with Crippen molar-refractivity contribution in [3.63, 3.8) is 0 Å². The first-order valence-electron chi connectivity index (χ1n) is 6.96. The molecule has 5 nitrogen and oxygen atoms in total. The highest BCUT2D eigenvalue weighted by atomic mass is 16.5. The van der Waals surface area contributed by atoms with E-state index in [1.54, 1.807) is 7.11 Å². The molecule has 0 radical (unpaired) electrons. The van der Waals surface area contributed by atoms with Crippen LogP contribution in [0.25, 0.3) is 0 Å². The van der Waals surface area contributed by atoms with E-state index in [-0.39, 0.29) is 11.5 Å². The van der Waals surface area contributed by atoms with Crippen LogP contribution in [0.4, 0.5) is 0 Å². The molecule has 2 N–H and O–H groups in total. The van der Waals surface area contributed by atoms with Crippen LogP contribution >= 0.6 is 0 Å². The molecule has 0 heterocycles. The van der Waals surface area contributed by atoms with E-state index >= 15 is 0 Å². The maximum absolute atomic E-state index is 11.7. The Morgan fingerprint density at radius 3 is 2.86 bits per heavy atom. The first kappa shape index (κ1) is 16.6. The highest BCUT2D eigenvalue weighted by molar-refractivity contribution is 5.97. The summed E-state index contributed by atoms with van der Waals surface area (Å²) >= 11 is 0. The molecule has 0 aliphatic carbocycles. The van der Waals surface area contributed by atoms with Crippen molar-refractivity contribution >= 4 is 5.91 Å². The van der Waals surface area contributed by atoms with Gasteiger partial charge in [-0.25, -0.2) is 0 Å². The van der Waals surface area contributed by atoms with Crippen LogP contribution in [0.15, 0.2) is 36.0 Å². The van der Waals surface area contributed by atoms with Gasteiger partial charge in [-0.15, -0.1) is 0 Å². The number of nitriles is 1. The van der Waals surface area contributed by atoms with Gasteiger partial charge in [0.2, 0.25) is 0 Å². The Morgan fingerprint density at radius 2 is 2.19 bits per heavy atom. The number of ether oxygens (including phenoxy) is 1. The van der Waals surface area contributed by atoms with Crippen LogP contribution in [-0.2, 0) is 11.3 Å². The number of nitrogens with zero attached hydrogens (tertiary/aromatic N) is 1. The molecule has 0 unspecified atom stereocenters. The minimum Gasteiger partial charge on any atom is -0.496 e. The average molecular weight is 287 g/mol. The zero-order chi connectivity index (χ0) is 15.5. The lowest BCUT2D eigenvalue weighted by molar-refractivity contribution is -0.117. The van der Waals surface area contributed by atoms with E-state index in [1.807, 2.05) is 37.3 Å². The standard InChI is InChI=1S/C16H21N3O2/c1-3-4-9-19-16(20)14(10-17)12-18-11-13-7-5-6-8-15(13)21-2/h5-8,12,18H,3-4,9,11H2,1-2H3,(H,19,20)/b14-12-. The molecule has 1 rings (SSSR count). The number of para-hydroxylation sites is 1. The second-order valence-electron chi connectivity index (χ2n) is 4.47. The van der Waals surface area contributed by atoms with E-state index in [0.717, 1.165) is 24.2 Å². The van der Waals surface area contributed by atoms with Crippen LogP contribution in [0.1, 0.15) is 25.3 Å². The summed E-state index contributed by atoms with van der Waals surface area (Å²) in [5, 5.41) is 14.7. The summed E-state index contributed by atoms with van der Waals surface area (Å²) in [5.41, 5.74) is 1.03. The topological polar surface area (TPSA) is 74.2 Å². The van der Waals surface area contributed by atoms with Gasteiger partial charge in [-0.05, 0) is 12.5 Å². The number of hydrogen-bond acceptors (Lipinski definition) is 4. The number of unbranched alkanes of at least 4 members (excludes halogenated alkanes) is 1. The van der Waals surface area contributed by atoms with E-state index in [1.165, 1.54) is 6.20 Å². The maximum Gasteiger partial charge on any atom is 0.263 e. The molecule has 21 heavy (non-hydrogen) atoms. The van der Waals surface area contributed by atoms with Gasteiger partial charge in [0.25, 0.3) is 5.91 Å². The van der Waals surface area contributed by atoms with E-state index in [9.17, 15) is 4.79 Å². The van der Waals surface area contributed by atoms with Crippen molar-refractivity contribution in [1.82, 2.24) is 10.6 Å². The number of hydrogen-bond donors (Lipinski definition) is 2. The minimum absolute atomic E-state index is 0.0704. The van der Waals surface area contributed by atoms with Gasteiger partial charge in [-0.3, -0.25) is 4.79 Å². The van der Waals surface area contributed by atoms with E-state index in [0.29, 0.717) is 13.1 Å². The number of carbonyl (C=O) groups is 1. The molecule has 1 aromatic rings. The lowest BCUT2D eigenvalue weighted by Gasteiger charge is -2.08. The molecule has 0 atom stereocenters. The van der Waals surface area contributed by atoms with Crippen LogP contribution in [-0.4, -0.2) is 19.6 Å². The average Bonchev–Trinajstić information content (AvgIpc) is 2.52. The Labute approximate surface area is 125 Å². The van der Waals surface area contributed by atoms with E-state index in [4.69, 9.17) is 10.00 Å². The summed E-state index contributed by atoms with van der Waals surface area (Å²) in [7, 11) is 1.61. The molecule has 1 amide bonds. The third-order valence-electron chi connectivity index (χ3n) is 2.91. The monoisotopic (exact) mass is 287 g/mol. The Morgan fingerprint density at radius 1 is 1.43 bits per heavy atom. The van der Waals surface area contributed by atoms with Gasteiger partial charge in [0.1, 0.15) is 17.4 Å². The summed E-state index contributed by atoms with van der Waals surface area (Å²) in [4.78, 5) is 11.7. The fourth-order valence-electron chi connectivity index (χ4n) is 1.73. The van der Waals surface area contributed by atoms with Crippen LogP contribution < -0.4 is 15.4 Å².